The molecule has 0 N–H and O–H groups in total. The van der Waals surface area contributed by atoms with Crippen LogP contribution in [0.3, 0.4) is 0 Å². The van der Waals surface area contributed by atoms with E-state index in [-0.39, 0.29) is 0 Å². The van der Waals surface area contributed by atoms with Crippen molar-refractivity contribution in [1.29, 1.82) is 0 Å². The zero-order chi connectivity index (χ0) is 23.7. The monoisotopic (exact) mass is 462 g/mol. The molecular formula is C30H26N2O3. The van der Waals surface area contributed by atoms with E-state index in [1.165, 1.54) is 0 Å². The zero-order valence-electron chi connectivity index (χ0n) is 19.4. The first-order chi connectivity index (χ1) is 17.2. The van der Waals surface area contributed by atoms with Crippen LogP contribution in [0.4, 0.5) is 0 Å². The molecule has 1 spiro atoms. The Balaban J connectivity index is 1.62. The lowest BCUT2D eigenvalue weighted by Crippen LogP contribution is -2.41. The highest BCUT2D eigenvalue weighted by atomic mass is 16.7. The summed E-state index contributed by atoms with van der Waals surface area (Å²) in [5, 5.41) is 0. The van der Waals surface area contributed by atoms with Crippen LogP contribution in [-0.4, -0.2) is 21.7 Å². The Bertz CT molecular complexity index is 1410. The number of carbonyl (C=O) groups is 1. The lowest BCUT2D eigenvalue weighted by atomic mass is 9.97. The van der Waals surface area contributed by atoms with Gasteiger partial charge in [0.05, 0.1) is 16.7 Å². The van der Waals surface area contributed by atoms with Crippen LogP contribution in [0.5, 0.6) is 0 Å². The SMILES string of the molecule is O=C1OC2(CCCCCC2)OC(c2ccccc2)=C1c1nc2ccccc2nc1-c1ccccc1. The molecule has 5 heteroatoms. The van der Waals surface area contributed by atoms with Crippen LogP contribution in [0.25, 0.3) is 33.6 Å². The smallest absolute Gasteiger partial charge is 0.347 e. The third kappa shape index (κ3) is 4.08. The predicted molar refractivity (Wildman–Crippen MR) is 136 cm³/mol. The molecule has 35 heavy (non-hydrogen) atoms. The molecule has 0 saturated heterocycles. The first kappa shape index (κ1) is 21.5. The van der Waals surface area contributed by atoms with Gasteiger partial charge in [0.2, 0.25) is 0 Å². The number of benzene rings is 3. The van der Waals surface area contributed by atoms with Crippen molar-refractivity contribution in [2.24, 2.45) is 0 Å². The van der Waals surface area contributed by atoms with E-state index in [2.05, 4.69) is 0 Å². The summed E-state index contributed by atoms with van der Waals surface area (Å²) in [6.45, 7) is 0. The average Bonchev–Trinajstić information content (AvgIpc) is 3.13. The minimum atomic E-state index is -0.931. The molecule has 1 aliphatic heterocycles. The molecule has 6 rings (SSSR count). The molecule has 2 aliphatic rings. The molecule has 1 fully saturated rings. The molecule has 0 radical (unpaired) electrons. The molecule has 0 atom stereocenters. The van der Waals surface area contributed by atoms with Gasteiger partial charge >= 0.3 is 5.97 Å². The van der Waals surface area contributed by atoms with E-state index < -0.39 is 11.8 Å². The molecular weight excluding hydrogens is 436 g/mol. The van der Waals surface area contributed by atoms with Gasteiger partial charge in [-0.25, -0.2) is 14.8 Å². The third-order valence-electron chi connectivity index (χ3n) is 6.75. The van der Waals surface area contributed by atoms with Crippen LogP contribution < -0.4 is 0 Å². The summed E-state index contributed by atoms with van der Waals surface area (Å²) in [4.78, 5) is 23.8. The fourth-order valence-corrected chi connectivity index (χ4v) is 5.01. The van der Waals surface area contributed by atoms with Crippen LogP contribution in [0.1, 0.15) is 49.8 Å². The van der Waals surface area contributed by atoms with Crippen molar-refractivity contribution in [2.45, 2.75) is 44.3 Å². The Morgan fingerprint density at radius 2 is 1.14 bits per heavy atom. The maximum Gasteiger partial charge on any atom is 0.347 e. The van der Waals surface area contributed by atoms with E-state index in [1.807, 2.05) is 84.9 Å². The minimum absolute atomic E-state index is 0.322. The molecule has 174 valence electrons. The fraction of sp³-hybridized carbons (Fsp3) is 0.233. The van der Waals surface area contributed by atoms with Crippen molar-refractivity contribution in [3.8, 4) is 11.3 Å². The molecule has 0 bridgehead atoms. The van der Waals surface area contributed by atoms with Gasteiger partial charge in [-0.15, -0.1) is 0 Å². The number of hydrogen-bond donors (Lipinski definition) is 0. The van der Waals surface area contributed by atoms with Gasteiger partial charge in [0.25, 0.3) is 5.79 Å². The van der Waals surface area contributed by atoms with Gasteiger partial charge in [-0.3, -0.25) is 0 Å². The molecule has 1 aliphatic carbocycles. The topological polar surface area (TPSA) is 61.3 Å². The highest BCUT2D eigenvalue weighted by Gasteiger charge is 2.45. The first-order valence-corrected chi connectivity index (χ1v) is 12.3. The quantitative estimate of drug-likeness (QED) is 0.314. The Hall–Kier alpha value is -3.99. The van der Waals surface area contributed by atoms with E-state index in [0.29, 0.717) is 41.1 Å². The summed E-state index contributed by atoms with van der Waals surface area (Å²) < 4.78 is 12.8. The lowest BCUT2D eigenvalue weighted by Gasteiger charge is -2.38. The number of fused-ring (bicyclic) bond motifs is 1. The fourth-order valence-electron chi connectivity index (χ4n) is 5.01. The highest BCUT2D eigenvalue weighted by Crippen LogP contribution is 2.44. The minimum Gasteiger partial charge on any atom is -0.451 e. The molecule has 2 heterocycles. The van der Waals surface area contributed by atoms with Crippen LogP contribution in [0, 0.1) is 0 Å². The Morgan fingerprint density at radius 3 is 1.77 bits per heavy atom. The van der Waals surface area contributed by atoms with E-state index in [1.54, 1.807) is 0 Å². The molecule has 3 aromatic carbocycles. The number of hydrogen-bond acceptors (Lipinski definition) is 5. The average molecular weight is 463 g/mol. The normalized spacial score (nSPS) is 17.7. The summed E-state index contributed by atoms with van der Waals surface area (Å²) in [6, 6.07) is 27.3. The Kier molecular flexibility index (Phi) is 5.53. The van der Waals surface area contributed by atoms with Crippen LogP contribution >= 0.6 is 0 Å². The maximum absolute atomic E-state index is 13.9. The second-order valence-electron chi connectivity index (χ2n) is 9.16. The van der Waals surface area contributed by atoms with E-state index >= 15 is 0 Å². The van der Waals surface area contributed by atoms with E-state index in [0.717, 1.165) is 42.3 Å². The van der Waals surface area contributed by atoms with Crippen molar-refractivity contribution in [3.05, 3.63) is 96.2 Å². The summed E-state index contributed by atoms with van der Waals surface area (Å²) in [7, 11) is 0. The van der Waals surface area contributed by atoms with Gasteiger partial charge in [-0.1, -0.05) is 85.6 Å². The number of para-hydroxylation sites is 2. The summed E-state index contributed by atoms with van der Waals surface area (Å²) >= 11 is 0. The van der Waals surface area contributed by atoms with Crippen molar-refractivity contribution in [1.82, 2.24) is 9.97 Å². The standard InChI is InChI=1S/C30H26N2O3/c33-29-25(27-26(21-13-5-3-6-14-21)31-23-17-9-10-18-24(23)32-27)28(22-15-7-4-8-16-22)34-30(35-29)19-11-1-2-12-20-30/h3-10,13-18H,1-2,11-12,19-20H2. The van der Waals surface area contributed by atoms with Crippen molar-refractivity contribution < 1.29 is 14.3 Å². The summed E-state index contributed by atoms with van der Waals surface area (Å²) in [6.07, 6.45) is 5.56. The number of ether oxygens (including phenoxy) is 2. The van der Waals surface area contributed by atoms with Gasteiger partial charge in [0.15, 0.2) is 0 Å². The largest absolute Gasteiger partial charge is 0.451 e. The van der Waals surface area contributed by atoms with Crippen molar-refractivity contribution >= 4 is 28.3 Å². The van der Waals surface area contributed by atoms with E-state index in [4.69, 9.17) is 19.4 Å². The Labute approximate surface area is 204 Å². The third-order valence-corrected chi connectivity index (χ3v) is 6.75. The maximum atomic E-state index is 13.9. The Morgan fingerprint density at radius 1 is 0.600 bits per heavy atom. The predicted octanol–water partition coefficient (Wildman–Crippen LogP) is 6.79. The summed E-state index contributed by atoms with van der Waals surface area (Å²) in [5.74, 6) is -0.816. The molecule has 0 amide bonds. The van der Waals surface area contributed by atoms with E-state index in [9.17, 15) is 4.79 Å². The summed E-state index contributed by atoms with van der Waals surface area (Å²) in [5.41, 5.74) is 4.61. The van der Waals surface area contributed by atoms with Gasteiger partial charge in [0, 0.05) is 24.0 Å². The number of aromatic nitrogens is 2. The number of nitrogens with zero attached hydrogens (tertiary/aromatic N) is 2. The van der Waals surface area contributed by atoms with Crippen LogP contribution in [0.2, 0.25) is 0 Å². The molecule has 1 aromatic heterocycles. The zero-order valence-corrected chi connectivity index (χ0v) is 19.4. The van der Waals surface area contributed by atoms with Gasteiger partial charge in [-0.2, -0.15) is 0 Å². The number of carbonyl (C=O) groups excluding carboxylic acids is 1. The van der Waals surface area contributed by atoms with Gasteiger partial charge in [-0.05, 0) is 25.0 Å². The number of esters is 1. The second-order valence-corrected chi connectivity index (χ2v) is 9.16. The van der Waals surface area contributed by atoms with Crippen LogP contribution in [0.15, 0.2) is 84.9 Å². The highest BCUT2D eigenvalue weighted by molar-refractivity contribution is 6.25. The molecule has 5 nitrogen and oxygen atoms in total. The van der Waals surface area contributed by atoms with Gasteiger partial charge in [0.1, 0.15) is 17.0 Å². The first-order valence-electron chi connectivity index (χ1n) is 12.3. The van der Waals surface area contributed by atoms with Crippen molar-refractivity contribution in [3.63, 3.8) is 0 Å². The van der Waals surface area contributed by atoms with Crippen molar-refractivity contribution in [2.75, 3.05) is 0 Å². The molecule has 0 unspecified atom stereocenters. The van der Waals surface area contributed by atoms with Crippen LogP contribution in [-0.2, 0) is 14.3 Å². The van der Waals surface area contributed by atoms with Gasteiger partial charge < -0.3 is 9.47 Å². The molecule has 4 aromatic rings. The molecule has 1 saturated carbocycles. The number of rotatable bonds is 3. The second kappa shape index (κ2) is 8.99. The lowest BCUT2D eigenvalue weighted by molar-refractivity contribution is -0.210.